The molecule has 0 saturated carbocycles. The van der Waals surface area contributed by atoms with Crippen LogP contribution in [0.25, 0.3) is 22.3 Å². The Morgan fingerprint density at radius 1 is 0.793 bits per heavy atom. The van der Waals surface area contributed by atoms with Crippen LogP contribution >= 0.6 is 13.4 Å². The molecule has 4 amide bonds. The molecule has 2 unspecified atom stereocenters. The minimum Gasteiger partial charge on any atom is -0.447 e. The molecule has 0 spiro atoms. The van der Waals surface area contributed by atoms with Crippen LogP contribution in [0.2, 0.25) is 0 Å². The summed E-state index contributed by atoms with van der Waals surface area (Å²) in [5.74, 6) is -1.23. The SMILES string of the molecule is CC(=O)CCOCCCN[C@H](C(=O)C[C@@H](CCCNC(N)=O)C(=O)Cc1ccc(COC(=O)N2C[C@@H](F)C[C@H]2COC(=O)Nc2ncnc3c2ncn3[C@@H]2O[C@@H]3COP(O)(=S)O[C@H]4[C@@H](F)[C@H](n5cnc6c(N)ncnc65)O[C@@H]4COP(O)(=S)O[C@H]3[C@H]2F)cc1)C(C)C. The highest BCUT2D eigenvalue weighted by molar-refractivity contribution is 8.07. The van der Waals surface area contributed by atoms with Gasteiger partial charge in [0, 0.05) is 44.8 Å². The standard InChI is InChI=1S/C54H71F3N14O17P2S2/c1-28(2)41(60-13-5-14-80-15-11-29(3)72)36(74)17-32(6-4-12-61-52(59)75)35(73)16-30-7-9-31(10-8-30)20-82-54(77)69-19-33(55)18-34(69)21-81-53(76)68-47-43-49(65-25-63-47)71(27-67-43)51-40(57)45-38(86-51)23-84-89(78,91)87-44-37(22-83-90(79,92)88-45)85-50(39(44)56)70-26-66-42-46(58)62-24-64-48(42)70/h7-10,24-28,32-34,37-41,44-45,50-51,60H,4-6,11-23H2,1-3H3,(H,78,91)(H,79,92)(H2,58,62,64)(H3,59,61,75)(H,63,65,68,76)/t32-,33+,34+,37-,38-,39-,40-,41+,44-,45-,50-,51-,89?,90?/m1/s1. The van der Waals surface area contributed by atoms with Gasteiger partial charge in [0.1, 0.15) is 73.5 Å². The summed E-state index contributed by atoms with van der Waals surface area (Å²) in [6, 6.07) is 4.51. The predicted molar refractivity (Wildman–Crippen MR) is 325 cm³/mol. The number of nitrogens with one attached hydrogen (secondary N) is 3. The second kappa shape index (κ2) is 31.2. The Kier molecular flexibility index (Phi) is 23.8. The quantitative estimate of drug-likeness (QED) is 0.0298. The number of rotatable bonds is 26. The van der Waals surface area contributed by atoms with Crippen molar-refractivity contribution in [3.05, 3.63) is 60.7 Å². The highest BCUT2D eigenvalue weighted by atomic mass is 32.5. The number of amides is 4. The summed E-state index contributed by atoms with van der Waals surface area (Å²) in [4.78, 5) is 125. The molecule has 4 aliphatic rings. The van der Waals surface area contributed by atoms with Gasteiger partial charge < -0.3 is 64.6 Å². The van der Waals surface area contributed by atoms with Gasteiger partial charge in [-0.25, -0.2) is 57.5 Å². The lowest BCUT2D eigenvalue weighted by Gasteiger charge is -2.29. The van der Waals surface area contributed by atoms with Crippen molar-refractivity contribution < 1.29 is 93.5 Å². The second-order valence-corrected chi connectivity index (χ2v) is 28.2. The number of nitrogens with two attached hydrogens (primary N) is 2. The minimum atomic E-state index is -4.45. The number of carbonyl (C=O) groups is 6. The molecule has 9 N–H and O–H groups in total. The summed E-state index contributed by atoms with van der Waals surface area (Å²) in [7, 11) is 0. The Bertz CT molecular complexity index is 3550. The van der Waals surface area contributed by atoms with Gasteiger partial charge in [-0.05, 0) is 73.4 Å². The molecule has 4 aromatic heterocycles. The van der Waals surface area contributed by atoms with Crippen molar-refractivity contribution in [2.45, 2.75) is 140 Å². The van der Waals surface area contributed by atoms with Crippen molar-refractivity contribution in [1.29, 1.82) is 0 Å². The van der Waals surface area contributed by atoms with Gasteiger partial charge in [-0.1, -0.05) is 38.1 Å². The molecule has 0 bridgehead atoms. The topological polar surface area (TPSA) is 405 Å². The van der Waals surface area contributed by atoms with Gasteiger partial charge >= 0.3 is 31.7 Å². The van der Waals surface area contributed by atoms with E-state index in [1.54, 1.807) is 24.3 Å². The zero-order valence-corrected chi connectivity index (χ0v) is 53.4. The van der Waals surface area contributed by atoms with E-state index in [2.05, 4.69) is 45.9 Å². The summed E-state index contributed by atoms with van der Waals surface area (Å²) in [6.45, 7) is -4.64. The first kappa shape index (κ1) is 70.0. The molecule has 14 atom stereocenters. The number of likely N-dealkylation sites (tertiary alicyclic amines) is 1. The number of carbonyl (C=O) groups excluding carboxylic acids is 6. The lowest BCUT2D eigenvalue weighted by molar-refractivity contribution is -0.129. The van der Waals surface area contributed by atoms with Gasteiger partial charge in [0.2, 0.25) is 0 Å². The first-order valence-electron chi connectivity index (χ1n) is 29.3. The molecule has 0 radical (unpaired) electrons. The predicted octanol–water partition coefficient (Wildman–Crippen LogP) is 4.40. The van der Waals surface area contributed by atoms with Crippen LogP contribution in [0.15, 0.2) is 49.6 Å². The number of halogens is 3. The fraction of sp³-hybridized carbons (Fsp3) is 0.593. The van der Waals surface area contributed by atoms with Gasteiger partial charge in [-0.15, -0.1) is 0 Å². The molecule has 4 fully saturated rings. The number of hydrogen-bond acceptors (Lipinski definition) is 25. The van der Waals surface area contributed by atoms with Crippen LogP contribution in [-0.2, 0) is 92.8 Å². The molecule has 1 aromatic carbocycles. The summed E-state index contributed by atoms with van der Waals surface area (Å²) in [5.41, 5.74) is 12.4. The number of benzene rings is 1. The van der Waals surface area contributed by atoms with Crippen molar-refractivity contribution in [3.8, 4) is 0 Å². The number of imidazole rings is 2. The first-order valence-corrected chi connectivity index (χ1v) is 34.5. The number of nitrogens with zero attached hydrogens (tertiary/aromatic N) is 9. The lowest BCUT2D eigenvalue weighted by atomic mass is 9.85. The van der Waals surface area contributed by atoms with Gasteiger partial charge in [0.05, 0.1) is 51.1 Å². The number of primary amides is 1. The van der Waals surface area contributed by atoms with Crippen molar-refractivity contribution in [2.75, 3.05) is 63.7 Å². The maximum atomic E-state index is 16.8. The number of hydrogen-bond donors (Lipinski definition) is 7. The van der Waals surface area contributed by atoms with Crippen LogP contribution in [0.3, 0.4) is 0 Å². The molecule has 502 valence electrons. The maximum absolute atomic E-state index is 16.8. The number of fused-ring (bicyclic) bond motifs is 4. The molecule has 31 nitrogen and oxygen atoms in total. The summed E-state index contributed by atoms with van der Waals surface area (Å²) in [5, 5.41) is 8.23. The van der Waals surface area contributed by atoms with E-state index in [1.807, 2.05) is 13.8 Å². The monoisotopic (exact) mass is 1370 g/mol. The van der Waals surface area contributed by atoms with Crippen molar-refractivity contribution in [2.24, 2.45) is 17.6 Å². The molecule has 38 heteroatoms. The van der Waals surface area contributed by atoms with E-state index in [9.17, 15) is 42.9 Å². The number of Topliss-reactive ketones (excluding diaryl/α,β-unsaturated/α-hetero) is 3. The highest BCUT2D eigenvalue weighted by Gasteiger charge is 2.54. The number of aromatic nitrogens is 8. The van der Waals surface area contributed by atoms with E-state index in [0.29, 0.717) is 56.6 Å². The number of anilines is 2. The van der Waals surface area contributed by atoms with E-state index in [4.69, 9.17) is 76.9 Å². The number of ketones is 3. The largest absolute Gasteiger partial charge is 0.447 e. The Hall–Kier alpha value is -6.37. The third kappa shape index (κ3) is 17.9. The Balaban J connectivity index is 0.764. The molecular weight excluding hydrogens is 1300 g/mol. The second-order valence-electron chi connectivity index (χ2n) is 22.6. The number of urea groups is 1. The third-order valence-corrected chi connectivity index (χ3v) is 18.6. The zero-order chi connectivity index (χ0) is 66.0. The summed E-state index contributed by atoms with van der Waals surface area (Å²) in [6.07, 6.45) is -11.4. The van der Waals surface area contributed by atoms with Crippen LogP contribution in [0.1, 0.15) is 82.9 Å². The van der Waals surface area contributed by atoms with E-state index < -0.39 is 125 Å². The fourth-order valence-corrected chi connectivity index (χ4v) is 13.8. The van der Waals surface area contributed by atoms with Gasteiger partial charge in [0.15, 0.2) is 59.0 Å². The molecule has 4 aliphatic heterocycles. The van der Waals surface area contributed by atoms with E-state index >= 15 is 8.78 Å². The number of ether oxygens (including phenoxy) is 5. The van der Waals surface area contributed by atoms with Crippen LogP contribution in [0.5, 0.6) is 0 Å². The molecule has 92 heavy (non-hydrogen) atoms. The van der Waals surface area contributed by atoms with E-state index in [1.165, 1.54) is 17.8 Å². The Morgan fingerprint density at radius 3 is 2.02 bits per heavy atom. The van der Waals surface area contributed by atoms with Gasteiger partial charge in [-0.3, -0.25) is 42.8 Å². The summed E-state index contributed by atoms with van der Waals surface area (Å²) >= 11 is 10.5. The summed E-state index contributed by atoms with van der Waals surface area (Å²) < 4.78 is 101. The lowest BCUT2D eigenvalue weighted by Crippen LogP contribution is -2.43. The van der Waals surface area contributed by atoms with Crippen molar-refractivity contribution >= 4 is 107 Å². The molecule has 9 rings (SSSR count). The van der Waals surface area contributed by atoms with E-state index in [0.717, 1.165) is 28.4 Å². The number of nitrogen functional groups attached to an aromatic ring is 1. The Morgan fingerprint density at radius 2 is 1.40 bits per heavy atom. The van der Waals surface area contributed by atoms with Crippen LogP contribution < -0.4 is 27.4 Å². The molecule has 0 aliphatic carbocycles. The smallest absolute Gasteiger partial charge is 0.412 e. The Labute approximate surface area is 534 Å². The third-order valence-electron chi connectivity index (χ3n) is 15.5. The number of alkyl halides is 3. The van der Waals surface area contributed by atoms with Crippen molar-refractivity contribution in [1.82, 2.24) is 54.6 Å². The zero-order valence-electron chi connectivity index (χ0n) is 50.0. The minimum absolute atomic E-state index is 0.0110. The average molecular weight is 1370 g/mol. The van der Waals surface area contributed by atoms with Crippen LogP contribution in [0.4, 0.5) is 39.2 Å². The van der Waals surface area contributed by atoms with Gasteiger partial charge in [-0.2, -0.15) is 0 Å². The molecule has 8 heterocycles. The first-order chi connectivity index (χ1) is 43.8. The molecular formula is C54H71F3N14O17P2S2. The van der Waals surface area contributed by atoms with Crippen LogP contribution in [-0.4, -0.2) is 197 Å². The fourth-order valence-electron chi connectivity index (χ4n) is 10.9. The molecule has 4 saturated heterocycles. The molecule has 5 aromatic rings. The van der Waals surface area contributed by atoms with Crippen molar-refractivity contribution in [3.63, 3.8) is 0 Å². The van der Waals surface area contributed by atoms with Crippen LogP contribution in [0, 0.1) is 11.8 Å². The normalized spacial score (nSPS) is 27.4. The maximum Gasteiger partial charge on any atom is 0.412 e. The average Bonchev–Trinajstić information content (AvgIpc) is 1.62. The highest BCUT2D eigenvalue weighted by Crippen LogP contribution is 2.55. The van der Waals surface area contributed by atoms with E-state index in [-0.39, 0.29) is 96.2 Å². The van der Waals surface area contributed by atoms with Gasteiger partial charge in [0.25, 0.3) is 0 Å².